The molecule has 0 fully saturated rings. The summed E-state index contributed by atoms with van der Waals surface area (Å²) in [6, 6.07) is 78.5. The fourth-order valence-corrected chi connectivity index (χ4v) is 15.0. The monoisotopic (exact) mass is 932 g/mol. The quantitative estimate of drug-likeness (QED) is 0.105. The van der Waals surface area contributed by atoms with Crippen molar-refractivity contribution in [3.63, 3.8) is 0 Å². The summed E-state index contributed by atoms with van der Waals surface area (Å²) in [5, 5.41) is 6.80. The van der Waals surface area contributed by atoms with Crippen molar-refractivity contribution in [2.24, 2.45) is 5.92 Å². The van der Waals surface area contributed by atoms with Gasteiger partial charge in [0.15, 0.2) is 0 Å². The molecule has 9 aromatic carbocycles. The van der Waals surface area contributed by atoms with E-state index in [1.165, 1.54) is 110 Å². The van der Waals surface area contributed by atoms with Gasteiger partial charge in [-0.15, -0.1) is 0 Å². The molecule has 0 saturated heterocycles. The van der Waals surface area contributed by atoms with Crippen LogP contribution in [-0.2, 0) is 16.2 Å². The SMILES string of the molecule is CC1C=C2C(=CC1c1ccc(B(c3ccccc3)c3ccccc3)cc1)C(C)(C)c1cc3c(cc12)-c1ccc(-c2cccc4c(P(c5ccccc5)c5ccc(C(C)(C)C)cc5)cccc24)cc1C3(C)C. The molecule has 2 heteroatoms. The summed E-state index contributed by atoms with van der Waals surface area (Å²) in [6.07, 6.45) is 5.22. The van der Waals surface area contributed by atoms with Gasteiger partial charge in [0.05, 0.1) is 0 Å². The average molecular weight is 933 g/mol. The highest BCUT2D eigenvalue weighted by Gasteiger charge is 2.45. The molecule has 12 rings (SSSR count). The van der Waals surface area contributed by atoms with Gasteiger partial charge >= 0.3 is 0 Å². The number of rotatable bonds is 8. The molecule has 0 aromatic heterocycles. The molecule has 3 aliphatic rings. The van der Waals surface area contributed by atoms with Gasteiger partial charge < -0.3 is 0 Å². The van der Waals surface area contributed by atoms with Crippen molar-refractivity contribution in [2.75, 3.05) is 0 Å². The third kappa shape index (κ3) is 7.63. The van der Waals surface area contributed by atoms with Crippen LogP contribution in [0.5, 0.6) is 0 Å². The third-order valence-corrected chi connectivity index (χ3v) is 19.0. The Bertz CT molecular complexity index is 3510. The van der Waals surface area contributed by atoms with Gasteiger partial charge in [0, 0.05) is 16.7 Å². The summed E-state index contributed by atoms with van der Waals surface area (Å²) >= 11 is 0. The topological polar surface area (TPSA) is 0 Å². The maximum Gasteiger partial charge on any atom is 0.241 e. The lowest BCUT2D eigenvalue weighted by Gasteiger charge is -2.30. The molecule has 0 saturated carbocycles. The zero-order valence-corrected chi connectivity index (χ0v) is 43.4. The second-order valence-corrected chi connectivity index (χ2v) is 24.8. The normalized spacial score (nSPS) is 17.6. The van der Waals surface area contributed by atoms with E-state index in [-0.39, 0.29) is 23.0 Å². The molecule has 346 valence electrons. The molecule has 3 unspecified atom stereocenters. The zero-order valence-electron chi connectivity index (χ0n) is 42.5. The Balaban J connectivity index is 0.881. The maximum absolute atomic E-state index is 2.62. The molecule has 0 N–H and O–H groups in total. The van der Waals surface area contributed by atoms with Gasteiger partial charge in [-0.1, -0.05) is 278 Å². The first-order valence-corrected chi connectivity index (χ1v) is 27.1. The third-order valence-electron chi connectivity index (χ3n) is 16.5. The number of hydrogen-bond acceptors (Lipinski definition) is 0. The van der Waals surface area contributed by atoms with Crippen molar-refractivity contribution in [2.45, 2.75) is 77.6 Å². The minimum atomic E-state index is -0.788. The highest BCUT2D eigenvalue weighted by atomic mass is 31.1. The first-order chi connectivity index (χ1) is 34.3. The van der Waals surface area contributed by atoms with Gasteiger partial charge in [0.1, 0.15) is 0 Å². The molecular formula is C69H62BP. The molecule has 9 aromatic rings. The van der Waals surface area contributed by atoms with Crippen molar-refractivity contribution >= 4 is 63.3 Å². The number of allylic oxidation sites excluding steroid dienone is 4. The van der Waals surface area contributed by atoms with Crippen LogP contribution in [0.3, 0.4) is 0 Å². The van der Waals surface area contributed by atoms with Crippen LogP contribution in [0.1, 0.15) is 94.7 Å². The van der Waals surface area contributed by atoms with Crippen LogP contribution < -0.4 is 32.3 Å². The molecular weight excluding hydrogens is 871 g/mol. The number of hydrogen-bond donors (Lipinski definition) is 0. The predicted octanol–water partition coefficient (Wildman–Crippen LogP) is 14.4. The van der Waals surface area contributed by atoms with E-state index in [2.05, 4.69) is 274 Å². The smallest absolute Gasteiger partial charge is 0.0726 e. The van der Waals surface area contributed by atoms with Crippen molar-refractivity contribution in [3.05, 3.63) is 257 Å². The van der Waals surface area contributed by atoms with Crippen LogP contribution in [0.15, 0.2) is 224 Å². The number of fused-ring (bicyclic) bond motifs is 7. The van der Waals surface area contributed by atoms with Gasteiger partial charge in [-0.25, -0.2) is 0 Å². The Morgan fingerprint density at radius 3 is 1.69 bits per heavy atom. The van der Waals surface area contributed by atoms with Gasteiger partial charge in [-0.05, 0) is 125 Å². The Morgan fingerprint density at radius 1 is 0.451 bits per heavy atom. The Kier molecular flexibility index (Phi) is 11.0. The molecule has 71 heavy (non-hydrogen) atoms. The minimum absolute atomic E-state index is 0.105. The molecule has 0 radical (unpaired) electrons. The van der Waals surface area contributed by atoms with Crippen LogP contribution in [0.25, 0.3) is 38.6 Å². The van der Waals surface area contributed by atoms with Gasteiger partial charge in [0.25, 0.3) is 0 Å². The predicted molar refractivity (Wildman–Crippen MR) is 309 cm³/mol. The first kappa shape index (κ1) is 45.4. The van der Waals surface area contributed by atoms with Crippen LogP contribution in [-0.4, -0.2) is 6.71 Å². The molecule has 3 aliphatic carbocycles. The summed E-state index contributed by atoms with van der Waals surface area (Å²) in [5.41, 5.74) is 20.5. The minimum Gasteiger partial charge on any atom is -0.0726 e. The lowest BCUT2D eigenvalue weighted by Crippen LogP contribution is -2.51. The second kappa shape index (κ2) is 17.2. The summed E-state index contributed by atoms with van der Waals surface area (Å²) in [7, 11) is -0.788. The van der Waals surface area contributed by atoms with Gasteiger partial charge in [-0.2, -0.15) is 0 Å². The molecule has 0 aliphatic heterocycles. The van der Waals surface area contributed by atoms with Crippen molar-refractivity contribution < 1.29 is 0 Å². The lowest BCUT2D eigenvalue weighted by atomic mass is 9.37. The van der Waals surface area contributed by atoms with Crippen LogP contribution in [0, 0.1) is 5.92 Å². The first-order valence-electron chi connectivity index (χ1n) is 25.7. The van der Waals surface area contributed by atoms with Crippen LogP contribution in [0.2, 0.25) is 0 Å². The molecule has 3 atom stereocenters. The Labute approximate surface area is 424 Å². The second-order valence-electron chi connectivity index (χ2n) is 22.6. The van der Waals surface area contributed by atoms with E-state index < -0.39 is 7.92 Å². The highest BCUT2D eigenvalue weighted by molar-refractivity contribution is 7.80. The van der Waals surface area contributed by atoms with E-state index in [4.69, 9.17) is 0 Å². The van der Waals surface area contributed by atoms with E-state index in [9.17, 15) is 0 Å². The lowest BCUT2D eigenvalue weighted by molar-refractivity contribution is 0.590. The molecule has 0 spiro atoms. The summed E-state index contributed by atoms with van der Waals surface area (Å²) in [5.74, 6) is 0.667. The number of benzene rings is 9. The standard InChI is InChI=1S/C69H62BP/c1-45-40-59-61-42-60-56-39-32-47(54-26-18-28-57-55(54)27-19-29-66(57)71(52-24-16-11-17-25-52)53-37-33-48(34-38-53)67(2,3)4)41-62(56)68(5,6)64(60)44-65(61)69(7,8)63(59)43-58(45)46-30-35-51(36-31-46)70(49-20-12-9-13-21-49)50-22-14-10-15-23-50/h9-45,58H,1-8H3. The van der Waals surface area contributed by atoms with Crippen molar-refractivity contribution in [1.82, 2.24) is 0 Å². The van der Waals surface area contributed by atoms with Crippen molar-refractivity contribution in [3.8, 4) is 22.3 Å². The molecule has 0 amide bonds. The highest BCUT2D eigenvalue weighted by Crippen LogP contribution is 2.59. The van der Waals surface area contributed by atoms with E-state index in [1.54, 1.807) is 0 Å². The largest absolute Gasteiger partial charge is 0.241 e. The average Bonchev–Trinajstić information content (AvgIpc) is 3.74. The summed E-state index contributed by atoms with van der Waals surface area (Å²) < 4.78 is 0. The zero-order chi connectivity index (χ0) is 48.8. The van der Waals surface area contributed by atoms with E-state index in [0.717, 1.165) is 0 Å². The van der Waals surface area contributed by atoms with E-state index >= 15 is 0 Å². The van der Waals surface area contributed by atoms with E-state index in [1.807, 2.05) is 0 Å². The summed E-state index contributed by atoms with van der Waals surface area (Å²) in [4.78, 5) is 0. The fraction of sp³-hybridized carbons (Fsp3) is 0.188. The molecule has 0 nitrogen and oxygen atoms in total. The maximum atomic E-state index is 2.62. The van der Waals surface area contributed by atoms with Gasteiger partial charge in [0.2, 0.25) is 6.71 Å². The van der Waals surface area contributed by atoms with Gasteiger partial charge in [-0.3, -0.25) is 0 Å². The fourth-order valence-electron chi connectivity index (χ4n) is 12.5. The van der Waals surface area contributed by atoms with E-state index in [0.29, 0.717) is 11.8 Å². The van der Waals surface area contributed by atoms with Crippen LogP contribution in [0.4, 0.5) is 0 Å². The molecule has 0 heterocycles. The van der Waals surface area contributed by atoms with Crippen LogP contribution >= 0.6 is 7.92 Å². The summed E-state index contributed by atoms with van der Waals surface area (Å²) in [6.45, 7) is 19.3. The molecule has 0 bridgehead atoms. The Hall–Kier alpha value is -6.79. The van der Waals surface area contributed by atoms with Crippen molar-refractivity contribution in [1.29, 1.82) is 0 Å². The Morgan fingerprint density at radius 2 is 1.03 bits per heavy atom.